The van der Waals surface area contributed by atoms with Crippen LogP contribution in [-0.2, 0) is 14.8 Å². The third kappa shape index (κ3) is 5.09. The molecule has 2 fully saturated rings. The number of halogens is 2. The molecule has 0 bridgehead atoms. The fraction of sp³-hybridized carbons (Fsp3) is 0.667. The van der Waals surface area contributed by atoms with Crippen LogP contribution >= 0.6 is 23.2 Å². The molecule has 1 aromatic rings. The van der Waals surface area contributed by atoms with Crippen LogP contribution in [0.25, 0.3) is 0 Å². The first-order chi connectivity index (χ1) is 13.7. The van der Waals surface area contributed by atoms with Crippen LogP contribution in [0.4, 0.5) is 0 Å². The zero-order valence-corrected chi connectivity index (χ0v) is 19.4. The van der Waals surface area contributed by atoms with E-state index in [1.54, 1.807) is 6.07 Å². The molecule has 0 spiro atoms. The van der Waals surface area contributed by atoms with E-state index in [9.17, 15) is 13.2 Å². The molecule has 0 aromatic heterocycles. The number of carbonyl (C=O) groups excluding carboxylic acids is 1. The molecule has 8 heteroatoms. The number of amides is 1. The molecule has 1 saturated heterocycles. The van der Waals surface area contributed by atoms with Crippen molar-refractivity contribution in [3.8, 4) is 0 Å². The number of piperidine rings is 1. The molecule has 0 N–H and O–H groups in total. The summed E-state index contributed by atoms with van der Waals surface area (Å²) in [5.74, 6) is 0.828. The van der Waals surface area contributed by atoms with Crippen LogP contribution < -0.4 is 0 Å². The van der Waals surface area contributed by atoms with E-state index < -0.39 is 10.0 Å². The van der Waals surface area contributed by atoms with E-state index in [0.29, 0.717) is 37.0 Å². The Morgan fingerprint density at radius 3 is 2.31 bits per heavy atom. The molecule has 1 heterocycles. The molecule has 0 atom stereocenters. The van der Waals surface area contributed by atoms with E-state index in [1.165, 1.54) is 35.7 Å². The Bertz CT molecular complexity index is 830. The Balaban J connectivity index is 1.60. The van der Waals surface area contributed by atoms with Crippen molar-refractivity contribution < 1.29 is 13.2 Å². The van der Waals surface area contributed by atoms with E-state index in [2.05, 4.69) is 6.92 Å². The van der Waals surface area contributed by atoms with Gasteiger partial charge in [0.15, 0.2) is 0 Å². The second kappa shape index (κ2) is 9.54. The molecule has 3 rings (SSSR count). The highest BCUT2D eigenvalue weighted by Crippen LogP contribution is 2.33. The summed E-state index contributed by atoms with van der Waals surface area (Å²) in [5.41, 5.74) is 0. The Hall–Kier alpha value is -0.820. The van der Waals surface area contributed by atoms with Crippen molar-refractivity contribution in [1.29, 1.82) is 0 Å². The van der Waals surface area contributed by atoms with E-state index >= 15 is 0 Å². The number of hydrogen-bond donors (Lipinski definition) is 0. The molecule has 1 aliphatic heterocycles. The first kappa shape index (κ1) is 22.9. The maximum Gasteiger partial charge on any atom is 0.244 e. The minimum Gasteiger partial charge on any atom is -0.343 e. The minimum atomic E-state index is -3.72. The first-order valence-electron chi connectivity index (χ1n) is 10.5. The Morgan fingerprint density at radius 1 is 1.10 bits per heavy atom. The van der Waals surface area contributed by atoms with Crippen LogP contribution in [0.3, 0.4) is 0 Å². The Labute approximate surface area is 184 Å². The highest BCUT2D eigenvalue weighted by Gasteiger charge is 2.36. The van der Waals surface area contributed by atoms with Crippen molar-refractivity contribution in [1.82, 2.24) is 9.21 Å². The molecule has 1 amide bonds. The summed E-state index contributed by atoms with van der Waals surface area (Å²) in [4.78, 5) is 14.9. The van der Waals surface area contributed by atoms with Gasteiger partial charge in [0.2, 0.25) is 15.9 Å². The van der Waals surface area contributed by atoms with Crippen molar-refractivity contribution in [2.24, 2.45) is 11.8 Å². The summed E-state index contributed by atoms with van der Waals surface area (Å²) in [6.07, 6.45) is 6.80. The maximum absolute atomic E-state index is 13.0. The molecule has 1 aromatic carbocycles. The van der Waals surface area contributed by atoms with Crippen molar-refractivity contribution in [3.63, 3.8) is 0 Å². The van der Waals surface area contributed by atoms with Gasteiger partial charge in [0, 0.05) is 37.1 Å². The molecule has 5 nitrogen and oxygen atoms in total. The van der Waals surface area contributed by atoms with Crippen molar-refractivity contribution >= 4 is 39.1 Å². The Morgan fingerprint density at radius 2 is 1.72 bits per heavy atom. The van der Waals surface area contributed by atoms with Crippen LogP contribution in [0.15, 0.2) is 23.1 Å². The highest BCUT2D eigenvalue weighted by atomic mass is 35.5. The lowest BCUT2D eigenvalue weighted by atomic mass is 9.83. The van der Waals surface area contributed by atoms with Crippen LogP contribution in [-0.4, -0.2) is 49.7 Å². The Kier molecular flexibility index (Phi) is 7.52. The number of rotatable bonds is 5. The summed E-state index contributed by atoms with van der Waals surface area (Å²) in [5, 5.41) is 0.493. The normalized spacial score (nSPS) is 24.4. The summed E-state index contributed by atoms with van der Waals surface area (Å²) >= 11 is 12.1. The highest BCUT2D eigenvalue weighted by molar-refractivity contribution is 7.89. The van der Waals surface area contributed by atoms with Crippen molar-refractivity contribution in [2.75, 3.05) is 20.1 Å². The number of nitrogens with zero attached hydrogens (tertiary/aromatic N) is 2. The largest absolute Gasteiger partial charge is 0.343 e. The standard InChI is InChI=1S/C21H30Cl2N2O3S/c1-3-15-4-7-18(8-5-15)24(2)21(26)16-10-12-25(13-11-16)29(27,28)20-14-17(22)6-9-19(20)23/h6,9,14-16,18H,3-5,7-8,10-13H2,1-2H3. The summed E-state index contributed by atoms with van der Waals surface area (Å²) < 4.78 is 27.3. The lowest BCUT2D eigenvalue weighted by Crippen LogP contribution is -2.46. The van der Waals surface area contributed by atoms with E-state index in [4.69, 9.17) is 23.2 Å². The average Bonchev–Trinajstić information content (AvgIpc) is 2.74. The molecule has 0 radical (unpaired) electrons. The quantitative estimate of drug-likeness (QED) is 0.632. The van der Waals surface area contributed by atoms with Gasteiger partial charge in [0.1, 0.15) is 4.90 Å². The van der Waals surface area contributed by atoms with E-state index in [0.717, 1.165) is 18.8 Å². The average molecular weight is 461 g/mol. The molecule has 1 saturated carbocycles. The minimum absolute atomic E-state index is 0.0289. The van der Waals surface area contributed by atoms with Gasteiger partial charge in [-0.2, -0.15) is 4.31 Å². The molecule has 0 unspecified atom stereocenters. The third-order valence-electron chi connectivity index (χ3n) is 6.60. The summed E-state index contributed by atoms with van der Waals surface area (Å²) in [6, 6.07) is 4.77. The van der Waals surface area contributed by atoms with Gasteiger partial charge in [-0.1, -0.05) is 36.5 Å². The van der Waals surface area contributed by atoms with Crippen LogP contribution in [0.2, 0.25) is 10.0 Å². The molecule has 2 aliphatic rings. The molecule has 1 aliphatic carbocycles. The lowest BCUT2D eigenvalue weighted by Gasteiger charge is -2.38. The summed E-state index contributed by atoms with van der Waals surface area (Å²) in [7, 11) is -1.81. The van der Waals surface area contributed by atoms with Gasteiger partial charge in [0.25, 0.3) is 0 Å². The number of hydrogen-bond acceptors (Lipinski definition) is 3. The number of benzene rings is 1. The number of carbonyl (C=O) groups is 1. The van der Waals surface area contributed by atoms with Gasteiger partial charge >= 0.3 is 0 Å². The molecular weight excluding hydrogens is 431 g/mol. The topological polar surface area (TPSA) is 57.7 Å². The number of sulfonamides is 1. The fourth-order valence-corrected chi connectivity index (χ4v) is 6.77. The van der Waals surface area contributed by atoms with Crippen molar-refractivity contribution in [3.05, 3.63) is 28.2 Å². The predicted octanol–water partition coefficient (Wildman–Crippen LogP) is 4.82. The van der Waals surface area contributed by atoms with Gasteiger partial charge in [-0.05, 0) is 62.6 Å². The second-order valence-electron chi connectivity index (χ2n) is 8.29. The van der Waals surface area contributed by atoms with Crippen molar-refractivity contribution in [2.45, 2.75) is 62.8 Å². The lowest BCUT2D eigenvalue weighted by molar-refractivity contribution is -0.138. The molecule has 29 heavy (non-hydrogen) atoms. The van der Waals surface area contributed by atoms with Gasteiger partial charge in [-0.25, -0.2) is 8.42 Å². The predicted molar refractivity (Wildman–Crippen MR) is 117 cm³/mol. The zero-order valence-electron chi connectivity index (χ0n) is 17.1. The smallest absolute Gasteiger partial charge is 0.244 e. The summed E-state index contributed by atoms with van der Waals surface area (Å²) in [6.45, 7) is 2.87. The van der Waals surface area contributed by atoms with Gasteiger partial charge < -0.3 is 4.90 Å². The monoisotopic (exact) mass is 460 g/mol. The van der Waals surface area contributed by atoms with Crippen LogP contribution in [0.1, 0.15) is 51.9 Å². The fourth-order valence-electron chi connectivity index (χ4n) is 4.57. The molecule has 162 valence electrons. The van der Waals surface area contributed by atoms with Gasteiger partial charge in [0.05, 0.1) is 5.02 Å². The molecular formula is C21H30Cl2N2O3S. The van der Waals surface area contributed by atoms with E-state index in [1.807, 2.05) is 11.9 Å². The maximum atomic E-state index is 13.0. The first-order valence-corrected chi connectivity index (χ1v) is 12.7. The van der Waals surface area contributed by atoms with E-state index in [-0.39, 0.29) is 21.7 Å². The van der Waals surface area contributed by atoms with Crippen LogP contribution in [0.5, 0.6) is 0 Å². The SMILES string of the molecule is CCC1CCC(N(C)C(=O)C2CCN(S(=O)(=O)c3cc(Cl)ccc3Cl)CC2)CC1. The van der Waals surface area contributed by atoms with Crippen LogP contribution in [0, 0.1) is 11.8 Å². The van der Waals surface area contributed by atoms with Gasteiger partial charge in [-0.3, -0.25) is 4.79 Å². The third-order valence-corrected chi connectivity index (χ3v) is 9.22. The second-order valence-corrected chi connectivity index (χ2v) is 11.0. The zero-order chi connectivity index (χ0) is 21.2. The van der Waals surface area contributed by atoms with Gasteiger partial charge in [-0.15, -0.1) is 0 Å².